The fraction of sp³-hybridized carbons (Fsp3) is 0.533. The summed E-state index contributed by atoms with van der Waals surface area (Å²) in [6, 6.07) is 8.76. The Balaban J connectivity index is 2.47. The van der Waals surface area contributed by atoms with Crippen LogP contribution in [0.2, 0.25) is 0 Å². The first kappa shape index (κ1) is 14.3. The van der Waals surface area contributed by atoms with Gasteiger partial charge in [0.25, 0.3) is 0 Å². The molecule has 0 aliphatic rings. The molecule has 1 rings (SSSR count). The first-order valence-electron chi connectivity index (χ1n) is 6.33. The Morgan fingerprint density at radius 1 is 1.29 bits per heavy atom. The second-order valence-corrected chi connectivity index (χ2v) is 5.88. The molecule has 17 heavy (non-hydrogen) atoms. The Morgan fingerprint density at radius 3 is 2.47 bits per heavy atom. The van der Waals surface area contributed by atoms with E-state index in [9.17, 15) is 4.79 Å². The molecule has 1 atom stereocenters. The molecule has 1 aromatic rings. The molecule has 0 aliphatic carbocycles. The molecule has 0 radical (unpaired) electrons. The van der Waals surface area contributed by atoms with Crippen LogP contribution in [-0.2, 0) is 11.2 Å². The van der Waals surface area contributed by atoms with Crippen LogP contribution < -0.4 is 0 Å². The van der Waals surface area contributed by atoms with Gasteiger partial charge < -0.3 is 4.79 Å². The summed E-state index contributed by atoms with van der Waals surface area (Å²) in [5.74, 6) is 1.91. The minimum atomic E-state index is 0.285. The Kier molecular flexibility index (Phi) is 6.35. The van der Waals surface area contributed by atoms with Crippen LogP contribution in [0.4, 0.5) is 0 Å². The second-order valence-electron chi connectivity index (χ2n) is 4.71. The van der Waals surface area contributed by atoms with Crippen LogP contribution in [-0.4, -0.2) is 11.5 Å². The van der Waals surface area contributed by atoms with Gasteiger partial charge in [0.05, 0.1) is 0 Å². The summed E-state index contributed by atoms with van der Waals surface area (Å²) in [7, 11) is 0. The molecule has 0 spiro atoms. The van der Waals surface area contributed by atoms with Crippen molar-refractivity contribution in [3.63, 3.8) is 0 Å². The molecule has 0 saturated heterocycles. The molecule has 1 nitrogen and oxygen atoms in total. The van der Waals surface area contributed by atoms with E-state index in [2.05, 4.69) is 38.1 Å². The smallest absolute Gasteiger partial charge is 0.130 e. The van der Waals surface area contributed by atoms with Gasteiger partial charge in [-0.3, -0.25) is 0 Å². The summed E-state index contributed by atoms with van der Waals surface area (Å²) in [6.07, 6.45) is 2.90. The van der Waals surface area contributed by atoms with Crippen molar-refractivity contribution in [3.8, 4) is 0 Å². The highest BCUT2D eigenvalue weighted by atomic mass is 32.2. The normalized spacial score (nSPS) is 12.4. The van der Waals surface area contributed by atoms with Gasteiger partial charge in [-0.1, -0.05) is 26.0 Å². The van der Waals surface area contributed by atoms with Crippen LogP contribution in [0, 0.1) is 5.92 Å². The van der Waals surface area contributed by atoms with Crippen LogP contribution in [0.15, 0.2) is 29.2 Å². The summed E-state index contributed by atoms with van der Waals surface area (Å²) < 4.78 is 0. The number of carbonyl (C=O) groups is 1. The van der Waals surface area contributed by atoms with Gasteiger partial charge in [0.1, 0.15) is 5.78 Å². The van der Waals surface area contributed by atoms with Crippen LogP contribution in [0.5, 0.6) is 0 Å². The van der Waals surface area contributed by atoms with Gasteiger partial charge in [-0.15, -0.1) is 11.8 Å². The van der Waals surface area contributed by atoms with Crippen LogP contribution in [0.25, 0.3) is 0 Å². The lowest BCUT2D eigenvalue weighted by atomic mass is 9.97. The van der Waals surface area contributed by atoms with Crippen molar-refractivity contribution >= 4 is 17.5 Å². The lowest BCUT2D eigenvalue weighted by Crippen LogP contribution is -2.04. The maximum absolute atomic E-state index is 11.0. The molecule has 1 aromatic carbocycles. The van der Waals surface area contributed by atoms with Crippen molar-refractivity contribution < 1.29 is 4.79 Å². The Hall–Kier alpha value is -0.760. The minimum Gasteiger partial charge on any atom is -0.300 e. The number of benzene rings is 1. The number of Topliss-reactive ketones (excluding diaryl/α,β-unsaturated/α-hetero) is 1. The maximum atomic E-state index is 11.0. The first-order valence-corrected chi connectivity index (χ1v) is 7.31. The monoisotopic (exact) mass is 250 g/mol. The molecule has 0 fully saturated rings. The van der Waals surface area contributed by atoms with Crippen molar-refractivity contribution in [2.45, 2.75) is 44.9 Å². The fourth-order valence-corrected chi connectivity index (χ4v) is 2.68. The molecule has 0 aromatic heterocycles. The number of hydrogen-bond donors (Lipinski definition) is 0. The van der Waals surface area contributed by atoms with E-state index in [4.69, 9.17) is 0 Å². The van der Waals surface area contributed by atoms with E-state index in [-0.39, 0.29) is 5.78 Å². The number of ketones is 1. The summed E-state index contributed by atoms with van der Waals surface area (Å²) in [5.41, 5.74) is 1.33. The van der Waals surface area contributed by atoms with Crippen LogP contribution >= 0.6 is 11.8 Å². The molecule has 94 valence electrons. The molecular formula is C15H22OS. The molecule has 0 amide bonds. The number of rotatable bonds is 7. The predicted molar refractivity (Wildman–Crippen MR) is 75.6 cm³/mol. The molecule has 2 heteroatoms. The zero-order chi connectivity index (χ0) is 12.7. The van der Waals surface area contributed by atoms with E-state index < -0.39 is 0 Å². The van der Waals surface area contributed by atoms with E-state index in [1.165, 1.54) is 22.6 Å². The standard InChI is InChI=1S/C15H22OS/c1-4-9-17-15-7-5-14(6-8-15)11-12(2)10-13(3)16/h5-8,12H,4,9-11H2,1-3H3. The second kappa shape index (κ2) is 7.54. The average molecular weight is 250 g/mol. The van der Waals surface area contributed by atoms with Gasteiger partial charge in [0, 0.05) is 11.3 Å². The fourth-order valence-electron chi connectivity index (χ4n) is 1.91. The zero-order valence-corrected chi connectivity index (χ0v) is 11.8. The summed E-state index contributed by atoms with van der Waals surface area (Å²) in [5, 5.41) is 0. The molecule has 0 saturated carbocycles. The first-order chi connectivity index (χ1) is 8.11. The van der Waals surface area contributed by atoms with Crippen molar-refractivity contribution in [3.05, 3.63) is 29.8 Å². The van der Waals surface area contributed by atoms with Crippen molar-refractivity contribution in [1.82, 2.24) is 0 Å². The molecule has 0 heterocycles. The average Bonchev–Trinajstić information content (AvgIpc) is 2.27. The summed E-state index contributed by atoms with van der Waals surface area (Å²) in [4.78, 5) is 12.4. The van der Waals surface area contributed by atoms with Gasteiger partial charge in [0.15, 0.2) is 0 Å². The third kappa shape index (κ3) is 5.92. The third-order valence-electron chi connectivity index (χ3n) is 2.62. The summed E-state index contributed by atoms with van der Waals surface area (Å²) in [6.45, 7) is 6.01. The Bertz CT molecular complexity index is 342. The third-order valence-corrected chi connectivity index (χ3v) is 3.83. The van der Waals surface area contributed by atoms with E-state index in [1.807, 2.05) is 11.8 Å². The van der Waals surface area contributed by atoms with Gasteiger partial charge in [-0.25, -0.2) is 0 Å². The van der Waals surface area contributed by atoms with Gasteiger partial charge in [0.2, 0.25) is 0 Å². The highest BCUT2D eigenvalue weighted by molar-refractivity contribution is 7.99. The van der Waals surface area contributed by atoms with E-state index in [1.54, 1.807) is 6.92 Å². The Labute approximate surface area is 109 Å². The SMILES string of the molecule is CCCSc1ccc(CC(C)CC(C)=O)cc1. The Morgan fingerprint density at radius 2 is 1.94 bits per heavy atom. The molecule has 0 N–H and O–H groups in total. The van der Waals surface area contributed by atoms with Crippen LogP contribution in [0.1, 0.15) is 39.2 Å². The predicted octanol–water partition coefficient (Wildman–Crippen LogP) is 4.35. The quantitative estimate of drug-likeness (QED) is 0.669. The number of hydrogen-bond acceptors (Lipinski definition) is 2. The topological polar surface area (TPSA) is 17.1 Å². The number of carbonyl (C=O) groups excluding carboxylic acids is 1. The van der Waals surface area contributed by atoms with Crippen molar-refractivity contribution in [2.75, 3.05) is 5.75 Å². The van der Waals surface area contributed by atoms with Gasteiger partial charge in [-0.2, -0.15) is 0 Å². The molecule has 0 aliphatic heterocycles. The zero-order valence-electron chi connectivity index (χ0n) is 11.0. The van der Waals surface area contributed by atoms with Crippen LogP contribution in [0.3, 0.4) is 0 Å². The van der Waals surface area contributed by atoms with E-state index >= 15 is 0 Å². The van der Waals surface area contributed by atoms with Crippen molar-refractivity contribution in [1.29, 1.82) is 0 Å². The molecule has 1 unspecified atom stereocenters. The highest BCUT2D eigenvalue weighted by Gasteiger charge is 2.06. The van der Waals surface area contributed by atoms with Crippen molar-refractivity contribution in [2.24, 2.45) is 5.92 Å². The largest absolute Gasteiger partial charge is 0.300 e. The highest BCUT2D eigenvalue weighted by Crippen LogP contribution is 2.20. The van der Waals surface area contributed by atoms with E-state index in [0.29, 0.717) is 12.3 Å². The minimum absolute atomic E-state index is 0.285. The van der Waals surface area contributed by atoms with E-state index in [0.717, 1.165) is 6.42 Å². The lowest BCUT2D eigenvalue weighted by Gasteiger charge is -2.09. The van der Waals surface area contributed by atoms with Gasteiger partial charge >= 0.3 is 0 Å². The molecular weight excluding hydrogens is 228 g/mol. The lowest BCUT2D eigenvalue weighted by molar-refractivity contribution is -0.117. The number of thioether (sulfide) groups is 1. The molecule has 0 bridgehead atoms. The summed E-state index contributed by atoms with van der Waals surface area (Å²) >= 11 is 1.90. The van der Waals surface area contributed by atoms with Gasteiger partial charge in [-0.05, 0) is 49.1 Å². The maximum Gasteiger partial charge on any atom is 0.130 e.